The van der Waals surface area contributed by atoms with Crippen molar-refractivity contribution in [3.05, 3.63) is 41.7 Å². The van der Waals surface area contributed by atoms with E-state index in [0.29, 0.717) is 31.9 Å². The van der Waals surface area contributed by atoms with Crippen LogP contribution in [0, 0.1) is 6.92 Å². The van der Waals surface area contributed by atoms with Crippen LogP contribution in [0.1, 0.15) is 22.0 Å². The summed E-state index contributed by atoms with van der Waals surface area (Å²) < 4.78 is 48.7. The smallest absolute Gasteiger partial charge is 0.406 e. The molecule has 2 aromatic rings. The Balaban J connectivity index is 1.54. The summed E-state index contributed by atoms with van der Waals surface area (Å²) in [5, 5.41) is 3.68. The molecule has 1 fully saturated rings. The van der Waals surface area contributed by atoms with Crippen molar-refractivity contribution in [2.75, 3.05) is 39.3 Å². The summed E-state index contributed by atoms with van der Waals surface area (Å²) in [6.45, 7) is 1.34. The van der Waals surface area contributed by atoms with Gasteiger partial charge in [-0.3, -0.25) is 14.5 Å². The lowest BCUT2D eigenvalue weighted by molar-refractivity contribution is -0.163. The van der Waals surface area contributed by atoms with Crippen molar-refractivity contribution in [3.63, 3.8) is 0 Å². The first-order valence-corrected chi connectivity index (χ1v) is 9.03. The molecule has 2 amide bonds. The lowest BCUT2D eigenvalue weighted by Crippen LogP contribution is -2.52. The van der Waals surface area contributed by atoms with Gasteiger partial charge in [-0.15, -0.1) is 0 Å². The Morgan fingerprint density at radius 2 is 1.97 bits per heavy atom. The molecule has 158 valence electrons. The standard InChI is InChI=1S/C18H21F3N4O4/c1-13-9-15(29-22-13)17(27)24-6-4-23(5-7-24)11-16(26)25(12-18(19,20)21)10-14-3-2-8-28-14/h2-3,8-9H,4-7,10-12H2,1H3. The number of alkyl halides is 3. The normalized spacial score (nSPS) is 15.5. The van der Waals surface area contributed by atoms with Gasteiger partial charge in [0.15, 0.2) is 0 Å². The van der Waals surface area contributed by atoms with Crippen molar-refractivity contribution in [1.82, 2.24) is 19.9 Å². The summed E-state index contributed by atoms with van der Waals surface area (Å²) in [5.41, 5.74) is 0.596. The van der Waals surface area contributed by atoms with E-state index in [4.69, 9.17) is 8.94 Å². The molecule has 0 atom stereocenters. The van der Waals surface area contributed by atoms with Crippen LogP contribution in [0.2, 0.25) is 0 Å². The fraction of sp³-hybridized carbons (Fsp3) is 0.500. The lowest BCUT2D eigenvalue weighted by atomic mass is 10.2. The Bertz CT molecular complexity index is 827. The van der Waals surface area contributed by atoms with Gasteiger partial charge in [-0.2, -0.15) is 13.2 Å². The number of hydrogen-bond donors (Lipinski definition) is 0. The predicted octanol–water partition coefficient (Wildman–Crippen LogP) is 1.92. The molecule has 0 bridgehead atoms. The number of furan rings is 1. The summed E-state index contributed by atoms with van der Waals surface area (Å²) in [4.78, 5) is 28.9. The first-order chi connectivity index (χ1) is 13.7. The molecular formula is C18H21F3N4O4. The van der Waals surface area contributed by atoms with E-state index in [2.05, 4.69) is 5.16 Å². The second-order valence-corrected chi connectivity index (χ2v) is 6.85. The van der Waals surface area contributed by atoms with Crippen molar-refractivity contribution >= 4 is 11.8 Å². The van der Waals surface area contributed by atoms with Gasteiger partial charge in [0.1, 0.15) is 12.3 Å². The summed E-state index contributed by atoms with van der Waals surface area (Å²) in [6.07, 6.45) is -3.17. The maximum atomic E-state index is 12.9. The summed E-state index contributed by atoms with van der Waals surface area (Å²) >= 11 is 0. The number of halogens is 3. The predicted molar refractivity (Wildman–Crippen MR) is 93.8 cm³/mol. The topological polar surface area (TPSA) is 83.0 Å². The molecule has 3 heterocycles. The molecule has 0 spiro atoms. The second-order valence-electron chi connectivity index (χ2n) is 6.85. The summed E-state index contributed by atoms with van der Waals surface area (Å²) in [7, 11) is 0. The molecule has 1 saturated heterocycles. The van der Waals surface area contributed by atoms with Gasteiger partial charge in [0.2, 0.25) is 11.7 Å². The van der Waals surface area contributed by atoms with Crippen molar-refractivity contribution in [1.29, 1.82) is 0 Å². The largest absolute Gasteiger partial charge is 0.467 e. The minimum Gasteiger partial charge on any atom is -0.467 e. The Hall–Kier alpha value is -2.82. The molecule has 1 aliphatic heterocycles. The van der Waals surface area contributed by atoms with E-state index >= 15 is 0 Å². The molecule has 0 radical (unpaired) electrons. The molecule has 3 rings (SSSR count). The minimum absolute atomic E-state index is 0.141. The SMILES string of the molecule is Cc1cc(C(=O)N2CCN(CC(=O)N(Cc3ccco3)CC(F)(F)F)CC2)on1. The van der Waals surface area contributed by atoms with E-state index in [1.807, 2.05) is 0 Å². The molecule has 0 N–H and O–H groups in total. The number of hydrogen-bond acceptors (Lipinski definition) is 6. The molecule has 1 aliphatic rings. The number of piperazine rings is 1. The number of rotatable bonds is 6. The van der Waals surface area contributed by atoms with Gasteiger partial charge in [-0.1, -0.05) is 5.16 Å². The van der Waals surface area contributed by atoms with E-state index in [9.17, 15) is 22.8 Å². The van der Waals surface area contributed by atoms with Crippen LogP contribution in [0.4, 0.5) is 13.2 Å². The highest BCUT2D eigenvalue weighted by molar-refractivity contribution is 5.91. The molecular weight excluding hydrogens is 393 g/mol. The fourth-order valence-electron chi connectivity index (χ4n) is 3.06. The zero-order chi connectivity index (χ0) is 21.0. The van der Waals surface area contributed by atoms with Gasteiger partial charge >= 0.3 is 6.18 Å². The van der Waals surface area contributed by atoms with Gasteiger partial charge in [0, 0.05) is 32.2 Å². The van der Waals surface area contributed by atoms with Crippen LogP contribution < -0.4 is 0 Å². The fourth-order valence-corrected chi connectivity index (χ4v) is 3.06. The van der Waals surface area contributed by atoms with E-state index < -0.39 is 18.6 Å². The van der Waals surface area contributed by atoms with Crippen molar-refractivity contribution in [3.8, 4) is 0 Å². The van der Waals surface area contributed by atoms with E-state index in [1.165, 1.54) is 12.3 Å². The summed E-state index contributed by atoms with van der Waals surface area (Å²) in [5.74, 6) is -0.528. The first-order valence-electron chi connectivity index (χ1n) is 9.03. The second kappa shape index (κ2) is 8.68. The third-order valence-electron chi connectivity index (χ3n) is 4.51. The minimum atomic E-state index is -4.51. The third kappa shape index (κ3) is 5.83. The Morgan fingerprint density at radius 3 is 2.52 bits per heavy atom. The molecule has 8 nitrogen and oxygen atoms in total. The van der Waals surface area contributed by atoms with Crippen molar-refractivity contribution in [2.45, 2.75) is 19.6 Å². The number of nitrogens with zero attached hydrogens (tertiary/aromatic N) is 4. The van der Waals surface area contributed by atoms with Gasteiger partial charge in [-0.25, -0.2) is 0 Å². The van der Waals surface area contributed by atoms with Crippen molar-refractivity contribution in [2.24, 2.45) is 0 Å². The van der Waals surface area contributed by atoms with Crippen LogP contribution in [-0.4, -0.2) is 77.1 Å². The van der Waals surface area contributed by atoms with Crippen LogP contribution >= 0.6 is 0 Å². The first kappa shape index (κ1) is 20.9. The average Bonchev–Trinajstić information content (AvgIpc) is 3.32. The molecule has 29 heavy (non-hydrogen) atoms. The highest BCUT2D eigenvalue weighted by Crippen LogP contribution is 2.19. The quantitative estimate of drug-likeness (QED) is 0.718. The van der Waals surface area contributed by atoms with Gasteiger partial charge in [0.25, 0.3) is 5.91 Å². The molecule has 0 unspecified atom stereocenters. The molecule has 11 heteroatoms. The van der Waals surface area contributed by atoms with Crippen LogP contribution in [0.25, 0.3) is 0 Å². The van der Waals surface area contributed by atoms with Gasteiger partial charge in [-0.05, 0) is 19.1 Å². The number of amides is 2. The molecule has 2 aromatic heterocycles. The number of carbonyl (C=O) groups is 2. The molecule has 0 saturated carbocycles. The van der Waals surface area contributed by atoms with Gasteiger partial charge < -0.3 is 18.7 Å². The monoisotopic (exact) mass is 414 g/mol. The Kier molecular flexibility index (Phi) is 6.26. The average molecular weight is 414 g/mol. The Morgan fingerprint density at radius 1 is 1.24 bits per heavy atom. The zero-order valence-electron chi connectivity index (χ0n) is 15.8. The maximum absolute atomic E-state index is 12.9. The number of carbonyl (C=O) groups excluding carboxylic acids is 2. The zero-order valence-corrected chi connectivity index (χ0v) is 15.8. The van der Waals surface area contributed by atoms with E-state index in [1.54, 1.807) is 28.9 Å². The highest BCUT2D eigenvalue weighted by atomic mass is 19.4. The van der Waals surface area contributed by atoms with Crippen LogP contribution in [0.3, 0.4) is 0 Å². The van der Waals surface area contributed by atoms with E-state index in [0.717, 1.165) is 4.90 Å². The molecule has 0 aromatic carbocycles. The molecule has 0 aliphatic carbocycles. The van der Waals surface area contributed by atoms with Crippen LogP contribution in [-0.2, 0) is 11.3 Å². The van der Waals surface area contributed by atoms with Crippen molar-refractivity contribution < 1.29 is 31.7 Å². The number of aromatic nitrogens is 1. The summed E-state index contributed by atoms with van der Waals surface area (Å²) in [6, 6.07) is 4.62. The Labute approximate surface area is 164 Å². The third-order valence-corrected chi connectivity index (χ3v) is 4.51. The number of aryl methyl sites for hydroxylation is 1. The highest BCUT2D eigenvalue weighted by Gasteiger charge is 2.34. The maximum Gasteiger partial charge on any atom is 0.406 e. The van der Waals surface area contributed by atoms with Gasteiger partial charge in [0.05, 0.1) is 25.0 Å². The lowest BCUT2D eigenvalue weighted by Gasteiger charge is -2.35. The van der Waals surface area contributed by atoms with Crippen LogP contribution in [0.15, 0.2) is 33.4 Å². The van der Waals surface area contributed by atoms with Crippen LogP contribution in [0.5, 0.6) is 0 Å². The van der Waals surface area contributed by atoms with E-state index in [-0.39, 0.29) is 30.5 Å².